The molecule has 0 unspecified atom stereocenters. The lowest BCUT2D eigenvalue weighted by Gasteiger charge is -2.35. The molecular weight excluding hydrogens is 292 g/mol. The van der Waals surface area contributed by atoms with Crippen LogP contribution in [0.25, 0.3) is 11.4 Å². The van der Waals surface area contributed by atoms with Crippen LogP contribution in [0.2, 0.25) is 0 Å². The first kappa shape index (κ1) is 15.6. The minimum Gasteiger partial charge on any atom is -0.377 e. The highest BCUT2D eigenvalue weighted by atomic mass is 16.5. The highest BCUT2D eigenvalue weighted by Gasteiger charge is 2.25. The first-order valence-electron chi connectivity index (χ1n) is 7.92. The fourth-order valence-electron chi connectivity index (χ4n) is 2.84. The first-order chi connectivity index (χ1) is 11.2. The molecule has 0 saturated carbocycles. The van der Waals surface area contributed by atoms with Crippen molar-refractivity contribution in [3.63, 3.8) is 0 Å². The minimum absolute atomic E-state index is 0.0721. The Balaban J connectivity index is 1.75. The van der Waals surface area contributed by atoms with Gasteiger partial charge >= 0.3 is 6.03 Å². The van der Waals surface area contributed by atoms with Crippen LogP contribution in [0.15, 0.2) is 36.7 Å². The van der Waals surface area contributed by atoms with Crippen LogP contribution in [0.5, 0.6) is 0 Å². The van der Waals surface area contributed by atoms with Gasteiger partial charge in [-0.15, -0.1) is 0 Å². The van der Waals surface area contributed by atoms with Gasteiger partial charge in [0.15, 0.2) is 0 Å². The molecular formula is C17H22N4O2. The van der Waals surface area contributed by atoms with E-state index in [4.69, 9.17) is 4.74 Å². The van der Waals surface area contributed by atoms with Crippen LogP contribution in [-0.2, 0) is 11.8 Å². The second-order valence-electron chi connectivity index (χ2n) is 5.70. The monoisotopic (exact) mass is 314 g/mol. The number of aryl methyl sites for hydroxylation is 1. The highest BCUT2D eigenvalue weighted by molar-refractivity contribution is 5.90. The van der Waals surface area contributed by atoms with E-state index in [-0.39, 0.29) is 12.1 Å². The SMILES string of the molecule is CC[C@H]1COCCN1C(=O)Nc1cccc(-c2nccn2C)c1. The molecule has 122 valence electrons. The quantitative estimate of drug-likeness (QED) is 0.947. The van der Waals surface area contributed by atoms with E-state index in [0.29, 0.717) is 19.8 Å². The van der Waals surface area contributed by atoms with Gasteiger partial charge < -0.3 is 19.5 Å². The minimum atomic E-state index is -0.0721. The number of carbonyl (C=O) groups excluding carboxylic acids is 1. The molecule has 2 heterocycles. The number of rotatable bonds is 3. The molecule has 0 radical (unpaired) electrons. The van der Waals surface area contributed by atoms with Crippen LogP contribution in [-0.4, -0.2) is 46.3 Å². The molecule has 1 aliphatic rings. The Labute approximate surface area is 136 Å². The zero-order valence-electron chi connectivity index (χ0n) is 13.5. The molecule has 1 saturated heterocycles. The summed E-state index contributed by atoms with van der Waals surface area (Å²) < 4.78 is 7.41. The highest BCUT2D eigenvalue weighted by Crippen LogP contribution is 2.21. The molecule has 0 aliphatic carbocycles. The standard InChI is InChI=1S/C17H22N4O2/c1-3-15-12-23-10-9-21(15)17(22)19-14-6-4-5-13(11-14)16-18-7-8-20(16)2/h4-8,11,15H,3,9-10,12H2,1-2H3,(H,19,22)/t15-/m0/s1. The van der Waals surface area contributed by atoms with Crippen LogP contribution in [0.3, 0.4) is 0 Å². The first-order valence-corrected chi connectivity index (χ1v) is 7.92. The summed E-state index contributed by atoms with van der Waals surface area (Å²) in [6.45, 7) is 3.90. The molecule has 2 amide bonds. The van der Waals surface area contributed by atoms with E-state index >= 15 is 0 Å². The van der Waals surface area contributed by atoms with Crippen LogP contribution >= 0.6 is 0 Å². The molecule has 1 atom stereocenters. The fraction of sp³-hybridized carbons (Fsp3) is 0.412. The van der Waals surface area contributed by atoms with E-state index in [1.165, 1.54) is 0 Å². The topological polar surface area (TPSA) is 59.4 Å². The van der Waals surface area contributed by atoms with Crippen molar-refractivity contribution in [3.05, 3.63) is 36.7 Å². The number of hydrogen-bond acceptors (Lipinski definition) is 3. The predicted molar refractivity (Wildman–Crippen MR) is 89.3 cm³/mol. The summed E-state index contributed by atoms with van der Waals surface area (Å²) in [5.74, 6) is 0.874. The number of benzene rings is 1. The van der Waals surface area contributed by atoms with Gasteiger partial charge in [-0.1, -0.05) is 19.1 Å². The number of morpholine rings is 1. The Hall–Kier alpha value is -2.34. The van der Waals surface area contributed by atoms with Crippen LogP contribution in [0, 0.1) is 0 Å². The summed E-state index contributed by atoms with van der Waals surface area (Å²) in [4.78, 5) is 18.7. The van der Waals surface area contributed by atoms with E-state index in [9.17, 15) is 4.79 Å². The normalized spacial score (nSPS) is 18.0. The van der Waals surface area contributed by atoms with Gasteiger partial charge in [-0.25, -0.2) is 9.78 Å². The molecule has 2 aromatic rings. The fourth-order valence-corrected chi connectivity index (χ4v) is 2.84. The number of imidazole rings is 1. The number of aromatic nitrogens is 2. The van der Waals surface area contributed by atoms with Gasteiger partial charge in [0.05, 0.1) is 19.3 Å². The second-order valence-corrected chi connectivity index (χ2v) is 5.70. The third-order valence-electron chi connectivity index (χ3n) is 4.15. The van der Waals surface area contributed by atoms with E-state index in [1.54, 1.807) is 6.20 Å². The van der Waals surface area contributed by atoms with Crippen molar-refractivity contribution in [1.82, 2.24) is 14.5 Å². The number of hydrogen-bond donors (Lipinski definition) is 1. The Morgan fingerprint density at radius 1 is 1.48 bits per heavy atom. The van der Waals surface area contributed by atoms with Gasteiger partial charge in [0, 0.05) is 37.2 Å². The van der Waals surface area contributed by atoms with Crippen LogP contribution in [0.1, 0.15) is 13.3 Å². The Kier molecular flexibility index (Phi) is 4.62. The Morgan fingerprint density at radius 3 is 3.09 bits per heavy atom. The lowest BCUT2D eigenvalue weighted by Crippen LogP contribution is -2.50. The summed E-state index contributed by atoms with van der Waals surface area (Å²) >= 11 is 0. The maximum Gasteiger partial charge on any atom is 0.322 e. The van der Waals surface area contributed by atoms with Crippen molar-refractivity contribution in [2.24, 2.45) is 7.05 Å². The summed E-state index contributed by atoms with van der Waals surface area (Å²) in [5.41, 5.74) is 1.75. The maximum absolute atomic E-state index is 12.5. The molecule has 3 rings (SSSR count). The molecule has 0 bridgehead atoms. The van der Waals surface area contributed by atoms with Crippen molar-refractivity contribution in [2.75, 3.05) is 25.1 Å². The van der Waals surface area contributed by atoms with E-state index in [1.807, 2.05) is 47.0 Å². The zero-order valence-corrected chi connectivity index (χ0v) is 13.5. The number of amides is 2. The molecule has 6 heteroatoms. The summed E-state index contributed by atoms with van der Waals surface area (Å²) in [6, 6.07) is 7.82. The number of nitrogens with one attached hydrogen (secondary N) is 1. The zero-order chi connectivity index (χ0) is 16.2. The number of ether oxygens (including phenoxy) is 1. The van der Waals surface area contributed by atoms with E-state index < -0.39 is 0 Å². The average molecular weight is 314 g/mol. The predicted octanol–water partition coefficient (Wildman–Crippen LogP) is 2.73. The molecule has 23 heavy (non-hydrogen) atoms. The lowest BCUT2D eigenvalue weighted by atomic mass is 10.1. The van der Waals surface area contributed by atoms with Gasteiger partial charge in [-0.3, -0.25) is 0 Å². The van der Waals surface area contributed by atoms with E-state index in [0.717, 1.165) is 23.5 Å². The van der Waals surface area contributed by atoms with Crippen molar-refractivity contribution in [2.45, 2.75) is 19.4 Å². The molecule has 6 nitrogen and oxygen atoms in total. The molecule has 1 aromatic heterocycles. The van der Waals surface area contributed by atoms with E-state index in [2.05, 4.69) is 17.2 Å². The molecule has 1 fully saturated rings. The largest absolute Gasteiger partial charge is 0.377 e. The number of urea groups is 1. The summed E-state index contributed by atoms with van der Waals surface area (Å²) in [6.07, 6.45) is 4.56. The lowest BCUT2D eigenvalue weighted by molar-refractivity contribution is 0.0144. The molecule has 1 aliphatic heterocycles. The maximum atomic E-state index is 12.5. The smallest absolute Gasteiger partial charge is 0.322 e. The molecule has 1 N–H and O–H groups in total. The van der Waals surface area contributed by atoms with Crippen molar-refractivity contribution >= 4 is 11.7 Å². The third kappa shape index (κ3) is 3.37. The van der Waals surface area contributed by atoms with Gasteiger partial charge in [0.2, 0.25) is 0 Å². The van der Waals surface area contributed by atoms with Crippen molar-refractivity contribution in [1.29, 1.82) is 0 Å². The number of anilines is 1. The van der Waals surface area contributed by atoms with Crippen molar-refractivity contribution < 1.29 is 9.53 Å². The number of carbonyl (C=O) groups is 1. The van der Waals surface area contributed by atoms with Gasteiger partial charge in [0.25, 0.3) is 0 Å². The summed E-state index contributed by atoms with van der Waals surface area (Å²) in [7, 11) is 1.95. The van der Waals surface area contributed by atoms with Gasteiger partial charge in [0.1, 0.15) is 5.82 Å². The Bertz CT molecular complexity index is 683. The molecule has 0 spiro atoms. The Morgan fingerprint density at radius 2 is 2.35 bits per heavy atom. The third-order valence-corrected chi connectivity index (χ3v) is 4.15. The second kappa shape index (κ2) is 6.83. The van der Waals surface area contributed by atoms with Gasteiger partial charge in [-0.05, 0) is 18.6 Å². The molecule has 1 aromatic carbocycles. The van der Waals surface area contributed by atoms with Gasteiger partial charge in [-0.2, -0.15) is 0 Å². The summed E-state index contributed by atoms with van der Waals surface area (Å²) in [5, 5.41) is 2.99. The van der Waals surface area contributed by atoms with Crippen LogP contribution in [0.4, 0.5) is 10.5 Å². The van der Waals surface area contributed by atoms with Crippen LogP contribution < -0.4 is 5.32 Å². The average Bonchev–Trinajstić information content (AvgIpc) is 3.01. The number of nitrogens with zero attached hydrogens (tertiary/aromatic N) is 3. The van der Waals surface area contributed by atoms with Crippen molar-refractivity contribution in [3.8, 4) is 11.4 Å².